The average Bonchev–Trinajstić information content (AvgIpc) is 2.16. The van der Waals surface area contributed by atoms with Crippen molar-refractivity contribution in [2.24, 2.45) is 0 Å². The molecule has 0 aliphatic heterocycles. The zero-order chi connectivity index (χ0) is 11.0. The maximum Gasteiger partial charge on any atom is 0.335 e. The normalized spacial score (nSPS) is 10.5. The molecular formula is C11H6BrFO2. The van der Waals surface area contributed by atoms with Crippen LogP contribution in [0.4, 0.5) is 4.39 Å². The first kappa shape index (κ1) is 10.1. The van der Waals surface area contributed by atoms with Gasteiger partial charge in [0.2, 0.25) is 0 Å². The Hall–Kier alpha value is -1.42. The van der Waals surface area contributed by atoms with Crippen LogP contribution in [0, 0.1) is 5.82 Å². The largest absolute Gasteiger partial charge is 0.478 e. The van der Waals surface area contributed by atoms with E-state index >= 15 is 0 Å². The number of carbonyl (C=O) groups is 1. The number of aromatic carboxylic acids is 1. The van der Waals surface area contributed by atoms with Crippen molar-refractivity contribution in [2.75, 3.05) is 0 Å². The molecule has 0 radical (unpaired) electrons. The molecule has 0 saturated carbocycles. The lowest BCUT2D eigenvalue weighted by Crippen LogP contribution is -1.97. The van der Waals surface area contributed by atoms with Crippen molar-refractivity contribution in [2.45, 2.75) is 0 Å². The van der Waals surface area contributed by atoms with Crippen LogP contribution in [0.25, 0.3) is 10.8 Å². The van der Waals surface area contributed by atoms with Crippen molar-refractivity contribution < 1.29 is 14.3 Å². The molecule has 0 unspecified atom stereocenters. The second kappa shape index (κ2) is 3.62. The monoisotopic (exact) mass is 268 g/mol. The average molecular weight is 269 g/mol. The summed E-state index contributed by atoms with van der Waals surface area (Å²) in [5.74, 6) is -1.65. The summed E-state index contributed by atoms with van der Waals surface area (Å²) < 4.78 is 14.2. The highest BCUT2D eigenvalue weighted by molar-refractivity contribution is 9.10. The number of carboxylic acid groups (broad SMARTS) is 1. The van der Waals surface area contributed by atoms with Gasteiger partial charge in [-0.15, -0.1) is 0 Å². The van der Waals surface area contributed by atoms with E-state index in [0.29, 0.717) is 10.8 Å². The molecule has 0 amide bonds. The van der Waals surface area contributed by atoms with Gasteiger partial charge in [-0.3, -0.25) is 0 Å². The van der Waals surface area contributed by atoms with Crippen molar-refractivity contribution in [3.05, 3.63) is 46.2 Å². The molecule has 2 aromatic carbocycles. The maximum absolute atomic E-state index is 13.5. The van der Waals surface area contributed by atoms with E-state index in [1.54, 1.807) is 18.2 Å². The Morgan fingerprint density at radius 1 is 1.27 bits per heavy atom. The number of fused-ring (bicyclic) bond motifs is 1. The first-order valence-electron chi connectivity index (χ1n) is 4.20. The van der Waals surface area contributed by atoms with Crippen LogP contribution in [0.15, 0.2) is 34.8 Å². The minimum absolute atomic E-state index is 0.0434. The third-order valence-corrected chi connectivity index (χ3v) is 2.60. The molecule has 15 heavy (non-hydrogen) atoms. The fraction of sp³-hybridized carbons (Fsp3) is 0. The molecule has 2 aromatic rings. The van der Waals surface area contributed by atoms with Gasteiger partial charge < -0.3 is 5.11 Å². The Morgan fingerprint density at radius 2 is 2.00 bits per heavy atom. The summed E-state index contributed by atoms with van der Waals surface area (Å²) in [6, 6.07) is 7.49. The summed E-state index contributed by atoms with van der Waals surface area (Å²) in [6.45, 7) is 0. The number of halogens is 2. The number of hydrogen-bond donors (Lipinski definition) is 1. The lowest BCUT2D eigenvalue weighted by atomic mass is 10.1. The summed E-state index contributed by atoms with van der Waals surface area (Å²) in [7, 11) is 0. The van der Waals surface area contributed by atoms with Gasteiger partial charge >= 0.3 is 5.97 Å². The van der Waals surface area contributed by atoms with E-state index in [9.17, 15) is 9.18 Å². The van der Waals surface area contributed by atoms with Crippen molar-refractivity contribution >= 4 is 32.7 Å². The number of carboxylic acids is 1. The topological polar surface area (TPSA) is 37.3 Å². The van der Waals surface area contributed by atoms with E-state index in [1.807, 2.05) is 0 Å². The molecule has 0 bridgehead atoms. The van der Waals surface area contributed by atoms with E-state index in [-0.39, 0.29) is 5.56 Å². The van der Waals surface area contributed by atoms with Crippen LogP contribution in [0.5, 0.6) is 0 Å². The molecule has 0 saturated heterocycles. The molecule has 1 N–H and O–H groups in total. The predicted octanol–water partition coefficient (Wildman–Crippen LogP) is 3.44. The Kier molecular flexibility index (Phi) is 2.44. The maximum atomic E-state index is 13.5. The Morgan fingerprint density at radius 3 is 2.67 bits per heavy atom. The highest BCUT2D eigenvalue weighted by Gasteiger charge is 2.08. The smallest absolute Gasteiger partial charge is 0.335 e. The van der Waals surface area contributed by atoms with Crippen LogP contribution in [0.3, 0.4) is 0 Å². The van der Waals surface area contributed by atoms with Gasteiger partial charge in [0.25, 0.3) is 0 Å². The van der Waals surface area contributed by atoms with Gasteiger partial charge in [-0.2, -0.15) is 0 Å². The minimum atomic E-state index is -1.13. The van der Waals surface area contributed by atoms with Gasteiger partial charge in [0.05, 0.1) is 5.56 Å². The summed E-state index contributed by atoms with van der Waals surface area (Å²) in [5, 5.41) is 9.75. The van der Waals surface area contributed by atoms with Crippen molar-refractivity contribution in [1.82, 2.24) is 0 Å². The molecule has 2 nitrogen and oxygen atoms in total. The molecule has 0 aliphatic rings. The highest BCUT2D eigenvalue weighted by Crippen LogP contribution is 2.23. The molecular weight excluding hydrogens is 263 g/mol. The molecule has 0 heterocycles. The minimum Gasteiger partial charge on any atom is -0.478 e. The molecule has 0 atom stereocenters. The fourth-order valence-corrected chi connectivity index (χ4v) is 1.80. The first-order chi connectivity index (χ1) is 7.08. The highest BCUT2D eigenvalue weighted by atomic mass is 79.9. The SMILES string of the molecule is O=C(O)c1cc(F)c2ccc(Br)cc2c1. The van der Waals surface area contributed by atoms with Crippen LogP contribution in [-0.2, 0) is 0 Å². The lowest BCUT2D eigenvalue weighted by molar-refractivity contribution is 0.0696. The quantitative estimate of drug-likeness (QED) is 0.861. The molecule has 76 valence electrons. The van der Waals surface area contributed by atoms with Crippen LogP contribution in [0.2, 0.25) is 0 Å². The van der Waals surface area contributed by atoms with Crippen molar-refractivity contribution in [3.8, 4) is 0 Å². The summed E-state index contributed by atoms with van der Waals surface area (Å²) >= 11 is 3.25. The Balaban J connectivity index is 2.79. The van der Waals surface area contributed by atoms with E-state index in [4.69, 9.17) is 5.11 Å². The van der Waals surface area contributed by atoms with Crippen molar-refractivity contribution in [3.63, 3.8) is 0 Å². The van der Waals surface area contributed by atoms with Crippen LogP contribution < -0.4 is 0 Å². The molecule has 0 fully saturated rings. The molecule has 2 rings (SSSR count). The van der Waals surface area contributed by atoms with Gasteiger partial charge in [0.15, 0.2) is 0 Å². The van der Waals surface area contributed by atoms with Gasteiger partial charge in [0, 0.05) is 9.86 Å². The Labute approximate surface area is 93.5 Å². The number of rotatable bonds is 1. The van der Waals surface area contributed by atoms with E-state index in [0.717, 1.165) is 10.5 Å². The summed E-state index contributed by atoms with van der Waals surface area (Å²) in [5.41, 5.74) is -0.0434. The standard InChI is InChI=1S/C11H6BrFO2/c12-8-1-2-9-6(4-8)3-7(11(14)15)5-10(9)13/h1-5H,(H,14,15). The predicted molar refractivity (Wildman–Crippen MR) is 58.6 cm³/mol. The third kappa shape index (κ3) is 1.85. The second-order valence-corrected chi connectivity index (χ2v) is 4.04. The number of hydrogen-bond acceptors (Lipinski definition) is 1. The van der Waals surface area contributed by atoms with Crippen LogP contribution >= 0.6 is 15.9 Å². The van der Waals surface area contributed by atoms with Gasteiger partial charge in [-0.1, -0.05) is 22.0 Å². The molecule has 4 heteroatoms. The second-order valence-electron chi connectivity index (χ2n) is 3.13. The summed E-state index contributed by atoms with van der Waals surface area (Å²) in [4.78, 5) is 10.7. The zero-order valence-electron chi connectivity index (χ0n) is 7.50. The van der Waals surface area contributed by atoms with E-state index in [1.165, 1.54) is 6.07 Å². The zero-order valence-corrected chi connectivity index (χ0v) is 9.08. The summed E-state index contributed by atoms with van der Waals surface area (Å²) in [6.07, 6.45) is 0. The molecule has 0 aromatic heterocycles. The number of benzene rings is 2. The Bertz CT molecular complexity index is 552. The fourth-order valence-electron chi connectivity index (χ4n) is 1.42. The van der Waals surface area contributed by atoms with Gasteiger partial charge in [0.1, 0.15) is 5.82 Å². The van der Waals surface area contributed by atoms with Gasteiger partial charge in [-0.25, -0.2) is 9.18 Å². The third-order valence-electron chi connectivity index (χ3n) is 2.11. The van der Waals surface area contributed by atoms with E-state index < -0.39 is 11.8 Å². The van der Waals surface area contributed by atoms with Crippen molar-refractivity contribution in [1.29, 1.82) is 0 Å². The van der Waals surface area contributed by atoms with Gasteiger partial charge in [-0.05, 0) is 29.7 Å². The van der Waals surface area contributed by atoms with E-state index in [2.05, 4.69) is 15.9 Å². The van der Waals surface area contributed by atoms with Crippen LogP contribution in [0.1, 0.15) is 10.4 Å². The molecule has 0 aliphatic carbocycles. The first-order valence-corrected chi connectivity index (χ1v) is 4.99. The molecule has 0 spiro atoms. The lowest BCUT2D eigenvalue weighted by Gasteiger charge is -2.02. The van der Waals surface area contributed by atoms with Crippen LogP contribution in [-0.4, -0.2) is 11.1 Å².